The first kappa shape index (κ1) is 19.6. The van der Waals surface area contributed by atoms with E-state index < -0.39 is 0 Å². The Morgan fingerprint density at radius 1 is 1.11 bits per heavy atom. The summed E-state index contributed by atoms with van der Waals surface area (Å²) < 4.78 is 5.20. The van der Waals surface area contributed by atoms with Gasteiger partial charge in [-0.25, -0.2) is 0 Å². The number of ketones is 2. The van der Waals surface area contributed by atoms with Crippen LogP contribution in [0.2, 0.25) is 5.02 Å². The molecule has 2 aromatic carbocycles. The molecule has 0 amide bonds. The Balaban J connectivity index is 1.71. The summed E-state index contributed by atoms with van der Waals surface area (Å²) in [4.78, 5) is 29.0. The van der Waals surface area contributed by atoms with Crippen molar-refractivity contribution in [3.8, 4) is 5.75 Å². The summed E-state index contributed by atoms with van der Waals surface area (Å²) in [5.74, 6) is 1.42. The number of halogens is 1. The van der Waals surface area contributed by atoms with Gasteiger partial charge < -0.3 is 4.74 Å². The fourth-order valence-corrected chi connectivity index (χ4v) is 6.08. The molecule has 2 aromatic rings. The molecule has 0 saturated carbocycles. The highest BCUT2D eigenvalue weighted by Crippen LogP contribution is 2.41. The lowest BCUT2D eigenvalue weighted by Crippen LogP contribution is -2.19. The van der Waals surface area contributed by atoms with Gasteiger partial charge in [-0.15, -0.1) is 11.8 Å². The van der Waals surface area contributed by atoms with E-state index in [1.54, 1.807) is 24.9 Å². The number of fused-ring (bicyclic) bond motifs is 1. The lowest BCUT2D eigenvalue weighted by Gasteiger charge is -2.19. The first-order chi connectivity index (χ1) is 13.6. The molecule has 0 bridgehead atoms. The summed E-state index contributed by atoms with van der Waals surface area (Å²) in [6, 6.07) is 11.4. The third-order valence-corrected chi connectivity index (χ3v) is 7.64. The zero-order valence-corrected chi connectivity index (χ0v) is 17.8. The van der Waals surface area contributed by atoms with E-state index in [2.05, 4.69) is 0 Å². The first-order valence-corrected chi connectivity index (χ1v) is 11.3. The lowest BCUT2D eigenvalue weighted by molar-refractivity contribution is -0.115. The number of thioether (sulfide) groups is 2. The van der Waals surface area contributed by atoms with E-state index in [0.29, 0.717) is 22.6 Å². The largest absolute Gasteiger partial charge is 0.497 e. The molecule has 0 atom stereocenters. The molecule has 1 heterocycles. The molecule has 28 heavy (non-hydrogen) atoms. The molecule has 4 rings (SSSR count). The van der Waals surface area contributed by atoms with E-state index in [-0.39, 0.29) is 11.6 Å². The van der Waals surface area contributed by atoms with Crippen molar-refractivity contribution in [2.24, 2.45) is 0 Å². The van der Waals surface area contributed by atoms with Crippen LogP contribution in [0.5, 0.6) is 5.75 Å². The highest BCUT2D eigenvalue weighted by molar-refractivity contribution is 8.03. The maximum absolute atomic E-state index is 13.3. The zero-order valence-electron chi connectivity index (χ0n) is 15.4. The number of allylic oxidation sites excluding steroid dienone is 2. The zero-order chi connectivity index (χ0) is 19.7. The first-order valence-electron chi connectivity index (χ1n) is 9.15. The van der Waals surface area contributed by atoms with Crippen molar-refractivity contribution in [2.75, 3.05) is 12.9 Å². The molecule has 0 fully saturated rings. The maximum atomic E-state index is 13.3. The third-order valence-electron chi connectivity index (χ3n) is 4.95. The molecule has 0 spiro atoms. The average Bonchev–Trinajstić information content (AvgIpc) is 3.18. The number of carbonyl (C=O) groups excluding carboxylic acids is 2. The molecule has 0 N–H and O–H groups in total. The SMILES string of the molecule is COc1ccc(SC2=C(C(=O)c3ccc4c(c3Cl)CCS4)C(=O)CCC2)cc1. The van der Waals surface area contributed by atoms with Gasteiger partial charge in [0.2, 0.25) is 0 Å². The molecular formula is C22H19ClO3S2. The number of benzene rings is 2. The summed E-state index contributed by atoms with van der Waals surface area (Å²) in [5.41, 5.74) is 1.78. The minimum atomic E-state index is -0.245. The Morgan fingerprint density at radius 3 is 2.64 bits per heavy atom. The van der Waals surface area contributed by atoms with Crippen LogP contribution in [0.3, 0.4) is 0 Å². The molecule has 0 saturated heterocycles. The molecule has 6 heteroatoms. The van der Waals surface area contributed by atoms with Crippen LogP contribution in [0, 0.1) is 0 Å². The normalized spacial score (nSPS) is 16.3. The molecule has 1 aliphatic heterocycles. The summed E-state index contributed by atoms with van der Waals surface area (Å²) in [7, 11) is 1.63. The Labute approximate surface area is 177 Å². The highest BCUT2D eigenvalue weighted by atomic mass is 35.5. The van der Waals surface area contributed by atoms with Gasteiger partial charge in [-0.3, -0.25) is 9.59 Å². The highest BCUT2D eigenvalue weighted by Gasteiger charge is 2.30. The number of carbonyl (C=O) groups is 2. The van der Waals surface area contributed by atoms with Crippen molar-refractivity contribution in [3.63, 3.8) is 0 Å². The van der Waals surface area contributed by atoms with Crippen LogP contribution in [-0.2, 0) is 11.2 Å². The number of hydrogen-bond donors (Lipinski definition) is 0. The molecule has 0 aromatic heterocycles. The van der Waals surface area contributed by atoms with E-state index in [0.717, 1.165) is 51.0 Å². The average molecular weight is 431 g/mol. The van der Waals surface area contributed by atoms with Crippen LogP contribution in [0.25, 0.3) is 0 Å². The van der Waals surface area contributed by atoms with Gasteiger partial charge in [0.1, 0.15) is 5.75 Å². The summed E-state index contributed by atoms with van der Waals surface area (Å²) in [5, 5.41) is 0.507. The van der Waals surface area contributed by atoms with Gasteiger partial charge in [-0.05, 0) is 61.2 Å². The molecule has 3 nitrogen and oxygen atoms in total. The monoisotopic (exact) mass is 430 g/mol. The molecule has 2 aliphatic rings. The van der Waals surface area contributed by atoms with Gasteiger partial charge >= 0.3 is 0 Å². The number of rotatable bonds is 5. The molecule has 0 radical (unpaired) electrons. The second kappa shape index (κ2) is 8.36. The maximum Gasteiger partial charge on any atom is 0.198 e. The van der Waals surface area contributed by atoms with Gasteiger partial charge in [-0.2, -0.15) is 0 Å². The van der Waals surface area contributed by atoms with Crippen molar-refractivity contribution in [1.82, 2.24) is 0 Å². The van der Waals surface area contributed by atoms with E-state index >= 15 is 0 Å². The third kappa shape index (κ3) is 3.76. The standard InChI is InChI=1S/C22H19ClO3S2/c1-26-13-5-7-14(8-6-13)28-19-4-2-3-17(24)20(19)22(25)16-9-10-18-15(21(16)23)11-12-27-18/h5-10H,2-4,11-12H2,1H3. The Kier molecular flexibility index (Phi) is 5.85. The van der Waals surface area contributed by atoms with Crippen LogP contribution in [0.15, 0.2) is 56.7 Å². The van der Waals surface area contributed by atoms with Crippen LogP contribution in [0.4, 0.5) is 0 Å². The van der Waals surface area contributed by atoms with Crippen LogP contribution >= 0.6 is 35.1 Å². The number of methoxy groups -OCH3 is 1. The predicted molar refractivity (Wildman–Crippen MR) is 115 cm³/mol. The van der Waals surface area contributed by atoms with Gasteiger partial charge in [0.15, 0.2) is 11.6 Å². The number of hydrogen-bond acceptors (Lipinski definition) is 5. The van der Waals surface area contributed by atoms with Crippen molar-refractivity contribution < 1.29 is 14.3 Å². The lowest BCUT2D eigenvalue weighted by atomic mass is 9.91. The fraction of sp³-hybridized carbons (Fsp3) is 0.273. The topological polar surface area (TPSA) is 43.4 Å². The van der Waals surface area contributed by atoms with Crippen molar-refractivity contribution in [3.05, 3.63) is 63.0 Å². The van der Waals surface area contributed by atoms with Gasteiger partial charge in [0.25, 0.3) is 0 Å². The number of ether oxygens (including phenoxy) is 1. The van der Waals surface area contributed by atoms with E-state index in [1.807, 2.05) is 30.3 Å². The van der Waals surface area contributed by atoms with Crippen LogP contribution in [0.1, 0.15) is 35.2 Å². The quantitative estimate of drug-likeness (QED) is 0.431. The minimum Gasteiger partial charge on any atom is -0.497 e. The van der Waals surface area contributed by atoms with E-state index in [4.69, 9.17) is 16.3 Å². The number of Topliss-reactive ketones (excluding diaryl/α,β-unsaturated/α-hetero) is 2. The summed E-state index contributed by atoms with van der Waals surface area (Å²) in [6.45, 7) is 0. The smallest absolute Gasteiger partial charge is 0.198 e. The molecule has 1 aliphatic carbocycles. The van der Waals surface area contributed by atoms with E-state index in [1.165, 1.54) is 11.8 Å². The van der Waals surface area contributed by atoms with Gasteiger partial charge in [0, 0.05) is 32.4 Å². The fourth-order valence-electron chi connectivity index (χ4n) is 3.50. The molecule has 0 unspecified atom stereocenters. The van der Waals surface area contributed by atoms with Gasteiger partial charge in [-0.1, -0.05) is 23.4 Å². The van der Waals surface area contributed by atoms with Gasteiger partial charge in [0.05, 0.1) is 17.7 Å². The Morgan fingerprint density at radius 2 is 1.89 bits per heavy atom. The second-order valence-corrected chi connectivity index (χ2v) is 9.37. The molecular weight excluding hydrogens is 412 g/mol. The van der Waals surface area contributed by atoms with E-state index in [9.17, 15) is 9.59 Å². The second-order valence-electron chi connectivity index (χ2n) is 6.68. The summed E-state index contributed by atoms with van der Waals surface area (Å²) in [6.07, 6.45) is 2.76. The van der Waals surface area contributed by atoms with Crippen molar-refractivity contribution >= 4 is 46.7 Å². The minimum absolute atomic E-state index is 0.0850. The van der Waals surface area contributed by atoms with Crippen molar-refractivity contribution in [2.45, 2.75) is 35.5 Å². The Hall–Kier alpha value is -1.69. The molecule has 144 valence electrons. The summed E-state index contributed by atoms with van der Waals surface area (Å²) >= 11 is 9.81. The Bertz CT molecular complexity index is 980. The predicted octanol–water partition coefficient (Wildman–Crippen LogP) is 5.98. The van der Waals surface area contributed by atoms with Crippen LogP contribution < -0.4 is 4.74 Å². The van der Waals surface area contributed by atoms with Crippen molar-refractivity contribution in [1.29, 1.82) is 0 Å². The van der Waals surface area contributed by atoms with Crippen LogP contribution in [-0.4, -0.2) is 24.4 Å².